The molecule has 1 aliphatic heterocycles. The lowest BCUT2D eigenvalue weighted by Gasteiger charge is -2.28. The van der Waals surface area contributed by atoms with Gasteiger partial charge in [0.05, 0.1) is 28.6 Å². The van der Waals surface area contributed by atoms with Gasteiger partial charge in [0.15, 0.2) is 15.6 Å². The van der Waals surface area contributed by atoms with Gasteiger partial charge in [0, 0.05) is 47.7 Å². The average Bonchev–Trinajstić information content (AvgIpc) is 3.21. The number of fused-ring (bicyclic) bond motifs is 2. The molecule has 0 saturated heterocycles. The number of hydrogen-bond acceptors (Lipinski definition) is 7. The summed E-state index contributed by atoms with van der Waals surface area (Å²) >= 11 is 0. The second kappa shape index (κ2) is 18.8. The summed E-state index contributed by atoms with van der Waals surface area (Å²) in [5, 5.41) is 0. The molecule has 5 aromatic carbocycles. The van der Waals surface area contributed by atoms with Crippen LogP contribution in [0.2, 0.25) is 0 Å². The van der Waals surface area contributed by atoms with E-state index in [4.69, 9.17) is 0 Å². The SMILES string of the molecule is Cc1ccc(CCC(CS(=O)(=O)c2ccc(C)cc2)C(=O)c2ccc(C(=O)N(CCCS(=O)(=O)O)CCC(=O)N3Cc4ccccc4C#Cc4ccccc43)cc2)cc1. The Morgan fingerprint density at radius 1 is 0.729 bits per heavy atom. The molecular formula is C47H46N2O8S2. The summed E-state index contributed by atoms with van der Waals surface area (Å²) in [6, 6.07) is 35.2. The molecule has 6 rings (SSSR count). The van der Waals surface area contributed by atoms with Crippen molar-refractivity contribution < 1.29 is 35.8 Å². The molecule has 12 heteroatoms. The smallest absolute Gasteiger partial charge is 0.264 e. The number of Topliss-reactive ketones (excluding diaryl/α,β-unsaturated/α-hetero) is 1. The first-order valence-corrected chi connectivity index (χ1v) is 22.7. The summed E-state index contributed by atoms with van der Waals surface area (Å²) in [7, 11) is -8.14. The number of ketones is 1. The fraction of sp³-hybridized carbons (Fsp3) is 0.255. The van der Waals surface area contributed by atoms with Crippen molar-refractivity contribution in [2.45, 2.75) is 51.0 Å². The van der Waals surface area contributed by atoms with E-state index < -0.39 is 43.3 Å². The van der Waals surface area contributed by atoms with Crippen LogP contribution in [0.25, 0.3) is 0 Å². The maximum atomic E-state index is 14.1. The van der Waals surface area contributed by atoms with E-state index in [0.29, 0.717) is 17.7 Å². The first-order chi connectivity index (χ1) is 28.2. The molecular weight excluding hydrogens is 785 g/mol. The van der Waals surface area contributed by atoms with Gasteiger partial charge in [0.2, 0.25) is 5.91 Å². The topological polar surface area (TPSA) is 146 Å². The van der Waals surface area contributed by atoms with Crippen LogP contribution in [0.1, 0.15) is 73.4 Å². The Kier molecular flexibility index (Phi) is 13.6. The van der Waals surface area contributed by atoms with Crippen LogP contribution in [0.4, 0.5) is 5.69 Å². The minimum absolute atomic E-state index is 0.0617. The van der Waals surface area contributed by atoms with Crippen LogP contribution in [-0.2, 0) is 37.7 Å². The normalized spacial score (nSPS) is 12.8. The van der Waals surface area contributed by atoms with Gasteiger partial charge in [-0.05, 0) is 86.7 Å². The van der Waals surface area contributed by atoms with Crippen LogP contribution in [0, 0.1) is 31.6 Å². The summed E-state index contributed by atoms with van der Waals surface area (Å²) in [4.78, 5) is 45.2. The Morgan fingerprint density at radius 2 is 1.32 bits per heavy atom. The summed E-state index contributed by atoms with van der Waals surface area (Å²) in [6.07, 6.45) is 0.582. The summed E-state index contributed by atoms with van der Waals surface area (Å²) in [6.45, 7) is 3.96. The highest BCUT2D eigenvalue weighted by Gasteiger charge is 2.29. The molecule has 0 fully saturated rings. The number of benzene rings is 5. The van der Waals surface area contributed by atoms with E-state index in [-0.39, 0.29) is 66.6 Å². The number of nitrogens with zero attached hydrogens (tertiary/aromatic N) is 2. The van der Waals surface area contributed by atoms with Crippen molar-refractivity contribution in [3.8, 4) is 11.8 Å². The van der Waals surface area contributed by atoms with Gasteiger partial charge in [-0.2, -0.15) is 8.42 Å². The number of rotatable bonds is 16. The molecule has 10 nitrogen and oxygen atoms in total. The second-order valence-electron chi connectivity index (χ2n) is 14.8. The Balaban J connectivity index is 1.21. The minimum atomic E-state index is -4.32. The third kappa shape index (κ3) is 11.4. The zero-order chi connectivity index (χ0) is 42.2. The molecule has 1 heterocycles. The molecule has 0 radical (unpaired) electrons. The molecule has 1 unspecified atom stereocenters. The molecule has 0 saturated carbocycles. The molecule has 0 aliphatic carbocycles. The third-order valence-corrected chi connectivity index (χ3v) is 13.0. The van der Waals surface area contributed by atoms with E-state index >= 15 is 0 Å². The van der Waals surface area contributed by atoms with Gasteiger partial charge in [0.25, 0.3) is 16.0 Å². The van der Waals surface area contributed by atoms with Gasteiger partial charge in [-0.1, -0.05) is 102 Å². The van der Waals surface area contributed by atoms with Gasteiger partial charge in [-0.25, -0.2) is 8.42 Å². The first-order valence-electron chi connectivity index (χ1n) is 19.4. The number of hydrogen-bond donors (Lipinski definition) is 1. The lowest BCUT2D eigenvalue weighted by Crippen LogP contribution is -2.38. The van der Waals surface area contributed by atoms with Crippen molar-refractivity contribution in [1.82, 2.24) is 4.90 Å². The zero-order valence-corrected chi connectivity index (χ0v) is 34.6. The predicted octanol–water partition coefficient (Wildman–Crippen LogP) is 7.27. The van der Waals surface area contributed by atoms with Gasteiger partial charge < -0.3 is 9.80 Å². The fourth-order valence-electron chi connectivity index (χ4n) is 7.01. The van der Waals surface area contributed by atoms with Crippen LogP contribution < -0.4 is 4.90 Å². The van der Waals surface area contributed by atoms with Crippen LogP contribution in [0.3, 0.4) is 0 Å². The van der Waals surface area contributed by atoms with Gasteiger partial charge in [-0.15, -0.1) is 0 Å². The van der Waals surface area contributed by atoms with Crippen molar-refractivity contribution in [2.75, 3.05) is 29.5 Å². The maximum Gasteiger partial charge on any atom is 0.264 e. The van der Waals surface area contributed by atoms with Gasteiger partial charge in [-0.3, -0.25) is 18.9 Å². The molecule has 0 aromatic heterocycles. The summed E-state index contributed by atoms with van der Waals surface area (Å²) in [5.41, 5.74) is 6.37. The molecule has 304 valence electrons. The Morgan fingerprint density at radius 3 is 2.00 bits per heavy atom. The summed E-state index contributed by atoms with van der Waals surface area (Å²) < 4.78 is 59.8. The van der Waals surface area contributed by atoms with E-state index in [1.165, 1.54) is 29.2 Å². The van der Waals surface area contributed by atoms with Crippen molar-refractivity contribution >= 4 is 43.2 Å². The Labute approximate surface area is 346 Å². The van der Waals surface area contributed by atoms with E-state index in [2.05, 4.69) is 11.8 Å². The number of carbonyl (C=O) groups is 3. The van der Waals surface area contributed by atoms with Crippen LogP contribution >= 0.6 is 0 Å². The minimum Gasteiger partial charge on any atom is -0.338 e. The lowest BCUT2D eigenvalue weighted by atomic mass is 9.92. The van der Waals surface area contributed by atoms with Gasteiger partial charge >= 0.3 is 0 Å². The monoisotopic (exact) mass is 830 g/mol. The van der Waals surface area contributed by atoms with Gasteiger partial charge in [0.1, 0.15) is 0 Å². The molecule has 1 aliphatic rings. The highest BCUT2D eigenvalue weighted by atomic mass is 32.2. The quantitative estimate of drug-likeness (QED) is 0.0621. The second-order valence-corrected chi connectivity index (χ2v) is 18.4. The molecule has 59 heavy (non-hydrogen) atoms. The first kappa shape index (κ1) is 42.7. The van der Waals surface area contributed by atoms with E-state index in [9.17, 15) is 35.8 Å². The highest BCUT2D eigenvalue weighted by Crippen LogP contribution is 2.27. The standard InChI is InChI=1S/C47H46N2O8S2/c1-34-12-16-36(17-13-34)18-19-42(33-58(53,54)43-26-14-35(2)15-27-43)46(51)39-22-24-40(25-23-39)47(52)48(29-7-31-59(55,56)57)30-28-45(50)49-32-41-10-4-3-8-37(41)20-21-38-9-5-6-11-44(38)49/h3-6,8-17,22-27,42H,7,18-19,28-33H2,1-2H3,(H,55,56,57). The van der Waals surface area contributed by atoms with Crippen LogP contribution in [-0.4, -0.2) is 68.5 Å². The Bertz CT molecular complexity index is 2610. The van der Waals surface area contributed by atoms with E-state index in [0.717, 1.165) is 27.8 Å². The van der Waals surface area contributed by atoms with E-state index in [1.54, 1.807) is 29.2 Å². The molecule has 1 atom stereocenters. The molecule has 5 aromatic rings. The van der Waals surface area contributed by atoms with Crippen LogP contribution in [0.5, 0.6) is 0 Å². The number of carbonyl (C=O) groups excluding carboxylic acids is 3. The number of para-hydroxylation sites is 1. The zero-order valence-electron chi connectivity index (χ0n) is 33.0. The fourth-order valence-corrected chi connectivity index (χ4v) is 9.10. The lowest BCUT2D eigenvalue weighted by molar-refractivity contribution is -0.119. The van der Waals surface area contributed by atoms with Crippen molar-refractivity contribution in [2.24, 2.45) is 5.92 Å². The van der Waals surface area contributed by atoms with Crippen molar-refractivity contribution in [3.05, 3.63) is 166 Å². The predicted molar refractivity (Wildman–Crippen MR) is 229 cm³/mol. The van der Waals surface area contributed by atoms with Crippen molar-refractivity contribution in [3.63, 3.8) is 0 Å². The average molecular weight is 831 g/mol. The number of anilines is 1. The number of aryl methyl sites for hydroxylation is 3. The largest absolute Gasteiger partial charge is 0.338 e. The number of sulfone groups is 1. The third-order valence-electron chi connectivity index (χ3n) is 10.4. The van der Waals surface area contributed by atoms with E-state index in [1.807, 2.05) is 86.6 Å². The molecule has 2 amide bonds. The van der Waals surface area contributed by atoms with Crippen molar-refractivity contribution in [1.29, 1.82) is 0 Å². The molecule has 0 spiro atoms. The Hall–Kier alpha value is -5.87. The highest BCUT2D eigenvalue weighted by molar-refractivity contribution is 7.91. The number of amides is 2. The molecule has 1 N–H and O–H groups in total. The summed E-state index contributed by atoms with van der Waals surface area (Å²) in [5.74, 6) is 3.35. The van der Waals surface area contributed by atoms with Crippen LogP contribution in [0.15, 0.2) is 126 Å². The molecule has 0 bridgehead atoms. The maximum absolute atomic E-state index is 14.1.